The van der Waals surface area contributed by atoms with Crippen molar-refractivity contribution in [1.82, 2.24) is 0 Å². The lowest BCUT2D eigenvalue weighted by molar-refractivity contribution is -0.152. The summed E-state index contributed by atoms with van der Waals surface area (Å²) in [7, 11) is 0. The van der Waals surface area contributed by atoms with Gasteiger partial charge in [0.1, 0.15) is 18.2 Å². The van der Waals surface area contributed by atoms with Gasteiger partial charge in [0.05, 0.1) is 0 Å². The van der Waals surface area contributed by atoms with E-state index in [2.05, 4.69) is 0 Å². The second-order valence-corrected chi connectivity index (χ2v) is 4.88. The quantitative estimate of drug-likeness (QED) is 0.783. The van der Waals surface area contributed by atoms with Gasteiger partial charge in [0.25, 0.3) is 0 Å². The number of ether oxygens (including phenoxy) is 2. The molecule has 110 valence electrons. The van der Waals surface area contributed by atoms with Crippen LogP contribution >= 0.6 is 11.6 Å². The van der Waals surface area contributed by atoms with Crippen LogP contribution in [0.1, 0.15) is 12.5 Å². The Hall–Kier alpha value is -2.07. The topological polar surface area (TPSA) is 35.5 Å². The van der Waals surface area contributed by atoms with E-state index >= 15 is 0 Å². The number of hydrogen-bond acceptors (Lipinski definition) is 3. The van der Waals surface area contributed by atoms with E-state index in [0.29, 0.717) is 16.3 Å². The van der Waals surface area contributed by atoms with E-state index < -0.39 is 12.1 Å². The highest BCUT2D eigenvalue weighted by Crippen LogP contribution is 2.17. The molecule has 3 nitrogen and oxygen atoms in total. The van der Waals surface area contributed by atoms with Gasteiger partial charge in [-0.05, 0) is 48.9 Å². The number of esters is 1. The monoisotopic (exact) mass is 308 g/mol. The van der Waals surface area contributed by atoms with Crippen molar-refractivity contribution >= 4 is 17.6 Å². The van der Waals surface area contributed by atoms with Crippen molar-refractivity contribution in [3.63, 3.8) is 0 Å². The number of carbonyl (C=O) groups is 1. The molecule has 0 unspecified atom stereocenters. The Labute approximate surface area is 127 Å². The summed E-state index contributed by atoms with van der Waals surface area (Å²) < 4.78 is 23.3. The van der Waals surface area contributed by atoms with Gasteiger partial charge in [-0.15, -0.1) is 0 Å². The van der Waals surface area contributed by atoms with E-state index in [1.807, 2.05) is 0 Å². The van der Waals surface area contributed by atoms with E-state index in [0.717, 1.165) is 0 Å². The molecule has 0 N–H and O–H groups in total. The maximum atomic E-state index is 12.7. The van der Waals surface area contributed by atoms with Crippen molar-refractivity contribution in [3.05, 3.63) is 64.9 Å². The van der Waals surface area contributed by atoms with E-state index in [1.54, 1.807) is 43.3 Å². The Morgan fingerprint density at radius 2 is 1.76 bits per heavy atom. The van der Waals surface area contributed by atoms with Crippen LogP contribution in [-0.2, 0) is 16.1 Å². The predicted molar refractivity (Wildman–Crippen MR) is 77.7 cm³/mol. The zero-order chi connectivity index (χ0) is 15.2. The second-order valence-electron chi connectivity index (χ2n) is 4.45. The average molecular weight is 309 g/mol. The van der Waals surface area contributed by atoms with Crippen LogP contribution in [0.15, 0.2) is 48.5 Å². The molecule has 0 saturated carbocycles. The maximum Gasteiger partial charge on any atom is 0.347 e. The van der Waals surface area contributed by atoms with E-state index in [4.69, 9.17) is 21.1 Å². The lowest BCUT2D eigenvalue weighted by atomic mass is 10.2. The molecular formula is C16H14ClFO3. The van der Waals surface area contributed by atoms with Gasteiger partial charge in [0, 0.05) is 5.02 Å². The highest BCUT2D eigenvalue weighted by atomic mass is 35.5. The summed E-state index contributed by atoms with van der Waals surface area (Å²) in [5.74, 6) is -0.288. The Morgan fingerprint density at radius 3 is 2.38 bits per heavy atom. The first-order chi connectivity index (χ1) is 10.0. The van der Waals surface area contributed by atoms with Gasteiger partial charge in [-0.2, -0.15) is 0 Å². The molecule has 5 heteroatoms. The number of rotatable bonds is 5. The van der Waals surface area contributed by atoms with Crippen LogP contribution < -0.4 is 4.74 Å². The number of halogens is 2. The molecule has 2 rings (SSSR count). The third-order valence-electron chi connectivity index (χ3n) is 2.75. The van der Waals surface area contributed by atoms with Crippen molar-refractivity contribution in [1.29, 1.82) is 0 Å². The first-order valence-corrected chi connectivity index (χ1v) is 6.75. The number of hydrogen-bond donors (Lipinski definition) is 0. The first kappa shape index (κ1) is 15.3. The lowest BCUT2D eigenvalue weighted by Crippen LogP contribution is -2.26. The van der Waals surface area contributed by atoms with Crippen LogP contribution in [0.5, 0.6) is 5.75 Å². The Morgan fingerprint density at radius 1 is 1.14 bits per heavy atom. The van der Waals surface area contributed by atoms with Crippen molar-refractivity contribution in [3.8, 4) is 5.75 Å². The van der Waals surface area contributed by atoms with Crippen LogP contribution in [-0.4, -0.2) is 12.1 Å². The van der Waals surface area contributed by atoms with Crippen LogP contribution in [0.25, 0.3) is 0 Å². The normalized spacial score (nSPS) is 11.8. The summed E-state index contributed by atoms with van der Waals surface area (Å²) in [4.78, 5) is 11.8. The molecule has 0 heterocycles. The second kappa shape index (κ2) is 7.09. The molecule has 2 aromatic carbocycles. The van der Waals surface area contributed by atoms with Gasteiger partial charge < -0.3 is 9.47 Å². The zero-order valence-corrected chi connectivity index (χ0v) is 12.1. The molecule has 1 atom stereocenters. The summed E-state index contributed by atoms with van der Waals surface area (Å²) >= 11 is 5.77. The fourth-order valence-electron chi connectivity index (χ4n) is 1.62. The lowest BCUT2D eigenvalue weighted by Gasteiger charge is -2.14. The summed E-state index contributed by atoms with van der Waals surface area (Å²) in [6, 6.07) is 12.5. The number of carbonyl (C=O) groups excluding carboxylic acids is 1. The summed E-state index contributed by atoms with van der Waals surface area (Å²) in [5, 5.41) is 0.592. The molecule has 0 spiro atoms. The van der Waals surface area contributed by atoms with Crippen molar-refractivity contribution < 1.29 is 18.7 Å². The fourth-order valence-corrected chi connectivity index (χ4v) is 1.74. The summed E-state index contributed by atoms with van der Waals surface area (Å²) in [5.41, 5.74) is 0.712. The molecule has 0 fully saturated rings. The molecular weight excluding hydrogens is 295 g/mol. The minimum Gasteiger partial charge on any atom is -0.479 e. The molecule has 0 bridgehead atoms. The van der Waals surface area contributed by atoms with E-state index in [1.165, 1.54) is 12.1 Å². The Bertz CT molecular complexity index is 596. The molecule has 0 saturated heterocycles. The summed E-state index contributed by atoms with van der Waals surface area (Å²) in [6.07, 6.45) is -0.744. The largest absolute Gasteiger partial charge is 0.479 e. The van der Waals surface area contributed by atoms with Gasteiger partial charge in [-0.25, -0.2) is 9.18 Å². The van der Waals surface area contributed by atoms with Crippen molar-refractivity contribution in [2.24, 2.45) is 0 Å². The number of benzene rings is 2. The third kappa shape index (κ3) is 4.76. The SMILES string of the molecule is C[C@H](Oc1ccc(Cl)cc1)C(=O)OCc1ccc(F)cc1. The third-order valence-corrected chi connectivity index (χ3v) is 3.00. The smallest absolute Gasteiger partial charge is 0.347 e. The highest BCUT2D eigenvalue weighted by Gasteiger charge is 2.16. The van der Waals surface area contributed by atoms with Crippen LogP contribution in [0.4, 0.5) is 4.39 Å². The molecule has 0 aliphatic carbocycles. The molecule has 21 heavy (non-hydrogen) atoms. The minimum absolute atomic E-state index is 0.0768. The minimum atomic E-state index is -0.744. The van der Waals surface area contributed by atoms with Crippen LogP contribution in [0, 0.1) is 5.82 Å². The van der Waals surface area contributed by atoms with E-state index in [-0.39, 0.29) is 12.4 Å². The van der Waals surface area contributed by atoms with Gasteiger partial charge >= 0.3 is 5.97 Å². The maximum absolute atomic E-state index is 12.7. The Kier molecular flexibility index (Phi) is 5.17. The average Bonchev–Trinajstić information content (AvgIpc) is 2.48. The van der Waals surface area contributed by atoms with Crippen LogP contribution in [0.2, 0.25) is 5.02 Å². The van der Waals surface area contributed by atoms with Crippen LogP contribution in [0.3, 0.4) is 0 Å². The van der Waals surface area contributed by atoms with Gasteiger partial charge in [0.15, 0.2) is 6.10 Å². The summed E-state index contributed by atoms with van der Waals surface area (Å²) in [6.45, 7) is 1.68. The standard InChI is InChI=1S/C16H14ClFO3/c1-11(21-15-8-4-13(17)5-9-15)16(19)20-10-12-2-6-14(18)7-3-12/h2-9,11H,10H2,1H3/t11-/m0/s1. The van der Waals surface area contributed by atoms with E-state index in [9.17, 15) is 9.18 Å². The molecule has 0 aliphatic heterocycles. The van der Waals surface area contributed by atoms with Gasteiger partial charge in [-0.3, -0.25) is 0 Å². The molecule has 0 amide bonds. The first-order valence-electron chi connectivity index (χ1n) is 6.38. The Balaban J connectivity index is 1.84. The molecule has 0 aromatic heterocycles. The molecule has 0 aliphatic rings. The van der Waals surface area contributed by atoms with Crippen molar-refractivity contribution in [2.45, 2.75) is 19.6 Å². The highest BCUT2D eigenvalue weighted by molar-refractivity contribution is 6.30. The predicted octanol–water partition coefficient (Wildman–Crippen LogP) is 3.99. The fraction of sp³-hybridized carbons (Fsp3) is 0.188. The molecule has 0 radical (unpaired) electrons. The molecule has 2 aromatic rings. The zero-order valence-electron chi connectivity index (χ0n) is 11.4. The van der Waals surface area contributed by atoms with Gasteiger partial charge in [-0.1, -0.05) is 23.7 Å². The van der Waals surface area contributed by atoms with Crippen molar-refractivity contribution in [2.75, 3.05) is 0 Å². The van der Waals surface area contributed by atoms with Gasteiger partial charge in [0.2, 0.25) is 0 Å².